The molecule has 0 saturated carbocycles. The average Bonchev–Trinajstić information content (AvgIpc) is 3.34. The van der Waals surface area contributed by atoms with E-state index in [1.165, 1.54) is 17.5 Å². The summed E-state index contributed by atoms with van der Waals surface area (Å²) < 4.78 is 4.58. The molecule has 154 valence electrons. The van der Waals surface area contributed by atoms with Crippen LogP contribution < -0.4 is 11.1 Å². The fourth-order valence-corrected chi connectivity index (χ4v) is 3.51. The monoisotopic (exact) mass is 424 g/mol. The van der Waals surface area contributed by atoms with Gasteiger partial charge in [-0.2, -0.15) is 0 Å². The van der Waals surface area contributed by atoms with Gasteiger partial charge in [0.05, 0.1) is 19.2 Å². The van der Waals surface area contributed by atoms with Gasteiger partial charge in [0.15, 0.2) is 16.5 Å². The number of hydrogen-bond acceptors (Lipinski definition) is 11. The number of aliphatic carboxylic acids is 1. The number of carboxylic acid groups (broad SMARTS) is 1. The van der Waals surface area contributed by atoms with Crippen LogP contribution in [0.15, 0.2) is 21.8 Å². The predicted molar refractivity (Wildman–Crippen MR) is 97.1 cm³/mol. The van der Waals surface area contributed by atoms with Crippen molar-refractivity contribution in [3.8, 4) is 0 Å². The van der Waals surface area contributed by atoms with E-state index >= 15 is 0 Å². The number of nitrogens with two attached hydrogens (primary N) is 1. The van der Waals surface area contributed by atoms with E-state index in [4.69, 9.17) is 5.73 Å². The fraction of sp³-hybridized carbons (Fsp3) is 0.333. The molecule has 3 heterocycles. The number of esters is 1. The Balaban J connectivity index is 1.81. The van der Waals surface area contributed by atoms with Crippen LogP contribution in [0.25, 0.3) is 0 Å². The van der Waals surface area contributed by atoms with Crippen LogP contribution in [0.4, 0.5) is 5.13 Å². The van der Waals surface area contributed by atoms with E-state index in [1.54, 1.807) is 0 Å². The van der Waals surface area contributed by atoms with Crippen LogP contribution in [-0.4, -0.2) is 82.9 Å². The molecule has 0 bridgehead atoms. The summed E-state index contributed by atoms with van der Waals surface area (Å²) in [5.41, 5.74) is 4.88. The second kappa shape index (κ2) is 7.84. The highest BCUT2D eigenvalue weighted by Crippen LogP contribution is 2.30. The van der Waals surface area contributed by atoms with Crippen LogP contribution in [0.5, 0.6) is 0 Å². The standard InChI is InChI=1S/C15H16N6O7S/c1-27-14(26)6-3-20-4-7(12(23)21(20)10(6)13(24)25)17-11(22)9(19-28-2)8-5-29-15(16)18-8/h5,7H,3-4H2,1-2H3,(H2,16,18)(H,17,22)(H,24,25)/b19-9-/t7-/m0/s1. The molecule has 1 fully saturated rings. The van der Waals surface area contributed by atoms with Gasteiger partial charge in [-0.05, 0) is 0 Å². The van der Waals surface area contributed by atoms with Gasteiger partial charge in [-0.15, -0.1) is 11.3 Å². The van der Waals surface area contributed by atoms with Crippen LogP contribution in [0.2, 0.25) is 0 Å². The van der Waals surface area contributed by atoms with Gasteiger partial charge in [-0.3, -0.25) is 9.59 Å². The molecule has 1 aromatic rings. The summed E-state index contributed by atoms with van der Waals surface area (Å²) in [7, 11) is 2.35. The van der Waals surface area contributed by atoms with Crippen LogP contribution in [-0.2, 0) is 28.8 Å². The first-order valence-electron chi connectivity index (χ1n) is 8.05. The topological polar surface area (TPSA) is 177 Å². The molecule has 2 aliphatic rings. The van der Waals surface area contributed by atoms with Crippen molar-refractivity contribution in [3.05, 3.63) is 22.3 Å². The molecule has 4 N–H and O–H groups in total. The zero-order valence-corrected chi connectivity index (χ0v) is 16.1. The first-order chi connectivity index (χ1) is 13.8. The molecule has 0 unspecified atom stereocenters. The molecule has 13 nitrogen and oxygen atoms in total. The number of nitrogens with zero attached hydrogens (tertiary/aromatic N) is 4. The van der Waals surface area contributed by atoms with E-state index in [1.807, 2.05) is 0 Å². The third kappa shape index (κ3) is 3.62. The molecule has 0 aliphatic carbocycles. The highest BCUT2D eigenvalue weighted by atomic mass is 32.1. The van der Waals surface area contributed by atoms with E-state index < -0.39 is 35.5 Å². The molecule has 1 atom stereocenters. The lowest BCUT2D eigenvalue weighted by atomic mass is 10.1. The largest absolute Gasteiger partial charge is 0.477 e. The third-order valence-corrected chi connectivity index (χ3v) is 4.80. The maximum Gasteiger partial charge on any atom is 0.354 e. The number of hydrazine groups is 1. The summed E-state index contributed by atoms with van der Waals surface area (Å²) in [5, 5.41) is 19.4. The summed E-state index contributed by atoms with van der Waals surface area (Å²) >= 11 is 1.09. The number of thiazole rings is 1. The molecule has 14 heteroatoms. The number of ether oxygens (including phenoxy) is 1. The second-order valence-corrected chi connectivity index (χ2v) is 6.73. The highest BCUT2D eigenvalue weighted by Gasteiger charge is 2.49. The molecule has 2 amide bonds. The van der Waals surface area contributed by atoms with Gasteiger partial charge in [0, 0.05) is 11.9 Å². The van der Waals surface area contributed by atoms with Gasteiger partial charge in [0.1, 0.15) is 18.8 Å². The van der Waals surface area contributed by atoms with Crippen molar-refractivity contribution in [3.63, 3.8) is 0 Å². The number of fused-ring (bicyclic) bond motifs is 1. The Bertz CT molecular complexity index is 955. The predicted octanol–water partition coefficient (Wildman–Crippen LogP) is -1.85. The van der Waals surface area contributed by atoms with Crippen LogP contribution >= 0.6 is 11.3 Å². The number of rotatable bonds is 6. The number of nitrogens with one attached hydrogen (secondary N) is 1. The van der Waals surface area contributed by atoms with Crippen molar-refractivity contribution < 1.29 is 33.9 Å². The summed E-state index contributed by atoms with van der Waals surface area (Å²) in [5.74, 6) is -3.79. The smallest absolute Gasteiger partial charge is 0.354 e. The van der Waals surface area contributed by atoms with Crippen molar-refractivity contribution >= 4 is 45.9 Å². The van der Waals surface area contributed by atoms with Crippen molar-refractivity contribution in [2.75, 3.05) is 33.0 Å². The van der Waals surface area contributed by atoms with E-state index in [0.717, 1.165) is 23.5 Å². The lowest BCUT2D eigenvalue weighted by Crippen LogP contribution is -2.46. The van der Waals surface area contributed by atoms with Crippen molar-refractivity contribution in [2.24, 2.45) is 5.16 Å². The highest BCUT2D eigenvalue weighted by molar-refractivity contribution is 7.13. The van der Waals surface area contributed by atoms with Gasteiger partial charge < -0.3 is 25.7 Å². The van der Waals surface area contributed by atoms with Gasteiger partial charge in [-0.1, -0.05) is 5.16 Å². The van der Waals surface area contributed by atoms with Crippen molar-refractivity contribution in [1.82, 2.24) is 20.3 Å². The zero-order valence-electron chi connectivity index (χ0n) is 15.2. The number of oxime groups is 1. The number of aromatic nitrogens is 1. The Hall–Kier alpha value is -3.52. The minimum atomic E-state index is -1.46. The molecule has 3 rings (SSSR count). The minimum Gasteiger partial charge on any atom is -0.477 e. The Morgan fingerprint density at radius 2 is 2.14 bits per heavy atom. The number of nitrogen functional groups attached to an aromatic ring is 1. The molecular weight excluding hydrogens is 408 g/mol. The molecule has 0 radical (unpaired) electrons. The maximum absolute atomic E-state index is 12.7. The number of methoxy groups -OCH3 is 1. The molecular formula is C15H16N6O7S. The summed E-state index contributed by atoms with van der Waals surface area (Å²) in [6.07, 6.45) is 0. The van der Waals surface area contributed by atoms with Gasteiger partial charge in [0.25, 0.3) is 11.8 Å². The second-order valence-electron chi connectivity index (χ2n) is 5.84. The van der Waals surface area contributed by atoms with E-state index in [2.05, 4.69) is 25.0 Å². The Morgan fingerprint density at radius 3 is 2.69 bits per heavy atom. The lowest BCUT2D eigenvalue weighted by Gasteiger charge is -2.18. The molecule has 29 heavy (non-hydrogen) atoms. The molecule has 1 saturated heterocycles. The number of amides is 2. The van der Waals surface area contributed by atoms with Crippen LogP contribution in [0.3, 0.4) is 0 Å². The molecule has 2 aliphatic heterocycles. The van der Waals surface area contributed by atoms with Gasteiger partial charge in [-0.25, -0.2) is 24.6 Å². The summed E-state index contributed by atoms with van der Waals surface area (Å²) in [6, 6.07) is -1.07. The number of carbonyl (C=O) groups excluding carboxylic acids is 3. The summed E-state index contributed by atoms with van der Waals surface area (Å²) in [4.78, 5) is 57.4. The van der Waals surface area contributed by atoms with Crippen LogP contribution in [0.1, 0.15) is 5.69 Å². The van der Waals surface area contributed by atoms with Crippen molar-refractivity contribution in [2.45, 2.75) is 6.04 Å². The Morgan fingerprint density at radius 1 is 1.41 bits per heavy atom. The quantitative estimate of drug-likeness (QED) is 0.267. The molecule has 1 aromatic heterocycles. The average molecular weight is 424 g/mol. The van der Waals surface area contributed by atoms with E-state index in [0.29, 0.717) is 0 Å². The van der Waals surface area contributed by atoms with Crippen LogP contribution in [0, 0.1) is 0 Å². The molecule has 0 aromatic carbocycles. The number of anilines is 1. The summed E-state index contributed by atoms with van der Waals surface area (Å²) in [6.45, 7) is -0.199. The maximum atomic E-state index is 12.7. The van der Waals surface area contributed by atoms with E-state index in [-0.39, 0.29) is 35.2 Å². The van der Waals surface area contributed by atoms with Crippen molar-refractivity contribution in [1.29, 1.82) is 0 Å². The first-order valence-corrected chi connectivity index (χ1v) is 8.93. The molecule has 0 spiro atoms. The van der Waals surface area contributed by atoms with Gasteiger partial charge >= 0.3 is 11.9 Å². The number of carbonyl (C=O) groups is 4. The minimum absolute atomic E-state index is 0.0543. The first kappa shape index (κ1) is 20.2. The zero-order chi connectivity index (χ0) is 21.3. The Kier molecular flexibility index (Phi) is 5.47. The Labute approximate surface area is 167 Å². The third-order valence-electron chi connectivity index (χ3n) is 4.12. The van der Waals surface area contributed by atoms with E-state index in [9.17, 15) is 24.3 Å². The SMILES string of the molecule is CO/N=C(\C(=O)N[C@H]1CN2CC(C(=O)OC)=C(C(=O)O)N2C1=O)c1csc(N)n1. The number of hydrogen-bond donors (Lipinski definition) is 3. The normalized spacial score (nSPS) is 19.4. The number of carboxylic acids is 1. The fourth-order valence-electron chi connectivity index (χ4n) is 2.96. The van der Waals surface area contributed by atoms with Gasteiger partial charge in [0.2, 0.25) is 0 Å². The lowest BCUT2D eigenvalue weighted by molar-refractivity contribution is -0.143.